The van der Waals surface area contributed by atoms with E-state index in [0.29, 0.717) is 17.5 Å². The van der Waals surface area contributed by atoms with Crippen molar-refractivity contribution in [2.45, 2.75) is 0 Å². The van der Waals surface area contributed by atoms with Gasteiger partial charge in [0, 0.05) is 54.9 Å². The third-order valence-electron chi connectivity index (χ3n) is 10.9. The van der Waals surface area contributed by atoms with Gasteiger partial charge in [-0.05, 0) is 41.5 Å². The van der Waals surface area contributed by atoms with Crippen molar-refractivity contribution < 1.29 is 0 Å². The number of fused-ring (bicyclic) bond motifs is 6. The molecule has 0 bridgehead atoms. The highest BCUT2D eigenvalue weighted by Gasteiger charge is 2.17. The zero-order valence-corrected chi connectivity index (χ0v) is 30.8. The molecule has 3 aromatic heterocycles. The molecule has 57 heavy (non-hydrogen) atoms. The van der Waals surface area contributed by atoms with E-state index in [1.807, 2.05) is 60.7 Å². The topological polar surface area (TPSA) is 56.5 Å². The van der Waals surface area contributed by atoms with Crippen molar-refractivity contribution in [3.05, 3.63) is 200 Å². The Labute approximate surface area is 329 Å². The Kier molecular flexibility index (Phi) is 7.74. The quantitative estimate of drug-likeness (QED) is 0.160. The van der Waals surface area contributed by atoms with Crippen molar-refractivity contribution >= 4 is 43.5 Å². The van der Waals surface area contributed by atoms with Crippen LogP contribution in [0.2, 0.25) is 0 Å². The average Bonchev–Trinajstić information content (AvgIpc) is 3.63. The maximum Gasteiger partial charge on any atom is 0.164 e. The molecule has 0 aliphatic heterocycles. The van der Waals surface area contributed by atoms with Crippen LogP contribution in [0.15, 0.2) is 200 Å². The minimum absolute atomic E-state index is 0.622. The van der Waals surface area contributed by atoms with Crippen LogP contribution in [0.3, 0.4) is 0 Å². The Morgan fingerprint density at radius 2 is 0.754 bits per heavy atom. The van der Waals surface area contributed by atoms with Crippen LogP contribution >= 0.6 is 0 Å². The van der Waals surface area contributed by atoms with Crippen molar-refractivity contribution in [3.8, 4) is 62.2 Å². The third-order valence-corrected chi connectivity index (χ3v) is 10.9. The molecule has 0 radical (unpaired) electrons. The van der Waals surface area contributed by atoms with Gasteiger partial charge in [-0.25, -0.2) is 19.9 Å². The van der Waals surface area contributed by atoms with Crippen molar-refractivity contribution in [2.75, 3.05) is 0 Å². The minimum Gasteiger partial charge on any atom is -0.309 e. The molecular weight excluding hydrogens is 695 g/mol. The molecule has 11 aromatic rings. The Morgan fingerprint density at radius 1 is 0.298 bits per heavy atom. The molecule has 0 N–H and O–H groups in total. The van der Waals surface area contributed by atoms with E-state index in [0.717, 1.165) is 55.5 Å². The van der Waals surface area contributed by atoms with Gasteiger partial charge < -0.3 is 4.57 Å². The van der Waals surface area contributed by atoms with Crippen molar-refractivity contribution in [2.24, 2.45) is 0 Å². The average molecular weight is 728 g/mol. The molecule has 0 saturated heterocycles. The molecule has 266 valence electrons. The number of hydrogen-bond donors (Lipinski definition) is 0. The number of rotatable bonds is 6. The first-order valence-corrected chi connectivity index (χ1v) is 19.1. The Hall–Kier alpha value is -7.76. The second-order valence-electron chi connectivity index (χ2n) is 14.2. The van der Waals surface area contributed by atoms with Gasteiger partial charge in [-0.1, -0.05) is 170 Å². The molecule has 0 spiro atoms. The van der Waals surface area contributed by atoms with Crippen LogP contribution in [-0.4, -0.2) is 24.5 Å². The first-order chi connectivity index (χ1) is 28.3. The smallest absolute Gasteiger partial charge is 0.164 e. The molecular formula is C52H33N5. The van der Waals surface area contributed by atoms with Gasteiger partial charge in [0.25, 0.3) is 0 Å². The van der Waals surface area contributed by atoms with Crippen molar-refractivity contribution in [1.29, 1.82) is 0 Å². The summed E-state index contributed by atoms with van der Waals surface area (Å²) in [6.07, 6.45) is 0. The lowest BCUT2D eigenvalue weighted by Gasteiger charge is -2.15. The van der Waals surface area contributed by atoms with Crippen LogP contribution in [0.25, 0.3) is 106 Å². The molecule has 0 atom stereocenters. The van der Waals surface area contributed by atoms with Crippen molar-refractivity contribution in [3.63, 3.8) is 0 Å². The summed E-state index contributed by atoms with van der Waals surface area (Å²) < 4.78 is 2.36. The summed E-state index contributed by atoms with van der Waals surface area (Å²) in [4.78, 5) is 20.0. The first kappa shape index (κ1) is 32.7. The molecule has 3 heterocycles. The summed E-state index contributed by atoms with van der Waals surface area (Å²) >= 11 is 0. The van der Waals surface area contributed by atoms with Crippen LogP contribution in [0.1, 0.15) is 0 Å². The zero-order chi connectivity index (χ0) is 37.7. The van der Waals surface area contributed by atoms with Gasteiger partial charge >= 0.3 is 0 Å². The van der Waals surface area contributed by atoms with Gasteiger partial charge in [0.05, 0.1) is 22.2 Å². The first-order valence-electron chi connectivity index (χ1n) is 19.1. The minimum atomic E-state index is 0.622. The van der Waals surface area contributed by atoms with Crippen LogP contribution in [0, 0.1) is 0 Å². The third kappa shape index (κ3) is 5.64. The fourth-order valence-electron chi connectivity index (χ4n) is 8.17. The van der Waals surface area contributed by atoms with Crippen molar-refractivity contribution in [1.82, 2.24) is 24.5 Å². The normalized spacial score (nSPS) is 11.5. The Bertz CT molecular complexity index is 3150. The molecule has 0 saturated carbocycles. The van der Waals surface area contributed by atoms with E-state index in [-0.39, 0.29) is 0 Å². The number of para-hydroxylation sites is 3. The van der Waals surface area contributed by atoms with Crippen LogP contribution in [-0.2, 0) is 0 Å². The van der Waals surface area contributed by atoms with E-state index < -0.39 is 0 Å². The van der Waals surface area contributed by atoms with Gasteiger partial charge in [0.2, 0.25) is 0 Å². The van der Waals surface area contributed by atoms with Crippen LogP contribution in [0.5, 0.6) is 0 Å². The standard InChI is InChI=1S/C52H33N5/c1-3-14-36(15-4-1)50-54-51(37-16-5-2-6-17-37)56-52(55-50)38-28-26-35(27-29-38)49-44-22-13-21-40(48(44)43-20-7-10-23-45(43)53-49)34-30-32-39(33-31-34)57-46-24-11-8-18-41(46)42-19-9-12-25-47(42)57/h1-33H. The van der Waals surface area contributed by atoms with E-state index in [4.69, 9.17) is 19.9 Å². The predicted octanol–water partition coefficient (Wildman–Crippen LogP) is 13.0. The van der Waals surface area contributed by atoms with E-state index in [9.17, 15) is 0 Å². The van der Waals surface area contributed by atoms with E-state index >= 15 is 0 Å². The predicted molar refractivity (Wildman–Crippen MR) is 234 cm³/mol. The maximum atomic E-state index is 5.28. The monoisotopic (exact) mass is 727 g/mol. The Balaban J connectivity index is 1.02. The number of nitrogens with zero attached hydrogens (tertiary/aromatic N) is 5. The molecule has 11 rings (SSSR count). The lowest BCUT2D eigenvalue weighted by Crippen LogP contribution is -2.00. The molecule has 5 nitrogen and oxygen atoms in total. The summed E-state index contributed by atoms with van der Waals surface area (Å²) in [5, 5.41) is 5.93. The number of aromatic nitrogens is 5. The lowest BCUT2D eigenvalue weighted by atomic mass is 9.92. The van der Waals surface area contributed by atoms with Gasteiger partial charge in [0.1, 0.15) is 0 Å². The number of hydrogen-bond acceptors (Lipinski definition) is 4. The van der Waals surface area contributed by atoms with Gasteiger partial charge in [-0.15, -0.1) is 0 Å². The molecule has 5 heteroatoms. The molecule has 0 aliphatic rings. The van der Waals surface area contributed by atoms with Crippen LogP contribution < -0.4 is 0 Å². The molecule has 0 amide bonds. The summed E-state index contributed by atoms with van der Waals surface area (Å²) in [5.41, 5.74) is 11.6. The molecule has 0 unspecified atom stereocenters. The zero-order valence-electron chi connectivity index (χ0n) is 30.8. The highest BCUT2D eigenvalue weighted by Crippen LogP contribution is 2.40. The molecule has 0 fully saturated rings. The Morgan fingerprint density at radius 3 is 1.35 bits per heavy atom. The van der Waals surface area contributed by atoms with Crippen LogP contribution in [0.4, 0.5) is 0 Å². The van der Waals surface area contributed by atoms with E-state index in [1.165, 1.54) is 32.8 Å². The fourth-order valence-corrected chi connectivity index (χ4v) is 8.17. The summed E-state index contributed by atoms with van der Waals surface area (Å²) in [6.45, 7) is 0. The summed E-state index contributed by atoms with van der Waals surface area (Å²) in [7, 11) is 0. The van der Waals surface area contributed by atoms with Gasteiger partial charge in [0.15, 0.2) is 17.5 Å². The second-order valence-corrected chi connectivity index (χ2v) is 14.2. The molecule has 0 aliphatic carbocycles. The summed E-state index contributed by atoms with van der Waals surface area (Å²) in [5.74, 6) is 1.90. The lowest BCUT2D eigenvalue weighted by molar-refractivity contribution is 1.07. The molecule has 8 aromatic carbocycles. The SMILES string of the molecule is c1ccc(-c2nc(-c3ccccc3)nc(-c3ccc(-c4nc5ccccc5c5c(-c6ccc(-n7c8ccccc8c8ccccc87)cc6)cccc45)cc3)n2)cc1. The second kappa shape index (κ2) is 13.5. The highest BCUT2D eigenvalue weighted by atomic mass is 15.0. The van der Waals surface area contributed by atoms with Gasteiger partial charge in [-0.3, -0.25) is 0 Å². The summed E-state index contributed by atoms with van der Waals surface area (Å²) in [6, 6.07) is 69.9. The number of benzene rings is 8. The van der Waals surface area contributed by atoms with Gasteiger partial charge in [-0.2, -0.15) is 0 Å². The van der Waals surface area contributed by atoms with E-state index in [1.54, 1.807) is 0 Å². The fraction of sp³-hybridized carbons (Fsp3) is 0. The largest absolute Gasteiger partial charge is 0.309 e. The number of pyridine rings is 1. The maximum absolute atomic E-state index is 5.28. The van der Waals surface area contributed by atoms with E-state index in [2.05, 4.69) is 144 Å². The highest BCUT2D eigenvalue weighted by molar-refractivity contribution is 6.17.